The van der Waals surface area contributed by atoms with Gasteiger partial charge in [-0.1, -0.05) is 38.5 Å². The van der Waals surface area contributed by atoms with Crippen molar-refractivity contribution < 1.29 is 5.11 Å². The Kier molecular flexibility index (Phi) is 8.18. The minimum Gasteiger partial charge on any atom is -0.507 e. The Hall–Kier alpha value is -2.73. The predicted molar refractivity (Wildman–Crippen MR) is 131 cm³/mol. The van der Waals surface area contributed by atoms with Crippen LogP contribution in [0.15, 0.2) is 51.1 Å². The number of hydrogen-bond donors (Lipinski definition) is 2. The number of phenols is 1. The number of nitrogens with one attached hydrogen (secondary N) is 1. The normalized spacial score (nSPS) is 20.4. The summed E-state index contributed by atoms with van der Waals surface area (Å²) in [5.41, 5.74) is 4.64. The highest BCUT2D eigenvalue weighted by molar-refractivity contribution is 6.13. The van der Waals surface area contributed by atoms with Crippen molar-refractivity contribution in [2.75, 3.05) is 26.7 Å². The van der Waals surface area contributed by atoms with Crippen LogP contribution < -0.4 is 5.32 Å². The molecular formula is C25H35N5O. The molecule has 3 rings (SSSR count). The Morgan fingerprint density at radius 1 is 1.29 bits per heavy atom. The van der Waals surface area contributed by atoms with Crippen LogP contribution in [0.2, 0.25) is 0 Å². The van der Waals surface area contributed by atoms with Crippen LogP contribution in [0, 0.1) is 0 Å². The summed E-state index contributed by atoms with van der Waals surface area (Å²) >= 11 is 0. The molecule has 0 bridgehead atoms. The Bertz CT molecular complexity index is 926. The minimum absolute atomic E-state index is 0.210. The Morgan fingerprint density at radius 3 is 2.81 bits per heavy atom. The van der Waals surface area contributed by atoms with Gasteiger partial charge < -0.3 is 15.3 Å². The van der Waals surface area contributed by atoms with Gasteiger partial charge in [0.25, 0.3) is 0 Å². The van der Waals surface area contributed by atoms with Gasteiger partial charge in [-0.2, -0.15) is 0 Å². The molecule has 1 aromatic carbocycles. The molecule has 6 nitrogen and oxygen atoms in total. The summed E-state index contributed by atoms with van der Waals surface area (Å²) in [6.07, 6.45) is 9.75. The van der Waals surface area contributed by atoms with Crippen LogP contribution in [0.25, 0.3) is 5.57 Å². The lowest BCUT2D eigenvalue weighted by Crippen LogP contribution is -2.52. The molecule has 1 aromatic rings. The van der Waals surface area contributed by atoms with Gasteiger partial charge in [-0.3, -0.25) is 4.99 Å². The zero-order valence-corrected chi connectivity index (χ0v) is 19.2. The first-order valence-electron chi connectivity index (χ1n) is 11.4. The van der Waals surface area contributed by atoms with Crippen molar-refractivity contribution in [2.45, 2.75) is 52.5 Å². The summed E-state index contributed by atoms with van der Waals surface area (Å²) in [4.78, 5) is 6.49. The summed E-state index contributed by atoms with van der Waals surface area (Å²) in [6.45, 7) is 9.34. The van der Waals surface area contributed by atoms with E-state index in [1.165, 1.54) is 5.57 Å². The summed E-state index contributed by atoms with van der Waals surface area (Å²) in [5, 5.41) is 23.6. The van der Waals surface area contributed by atoms with E-state index in [9.17, 15) is 5.11 Å². The van der Waals surface area contributed by atoms with Gasteiger partial charge in [0.2, 0.25) is 0 Å². The van der Waals surface area contributed by atoms with Crippen LogP contribution in [-0.4, -0.2) is 60.5 Å². The van der Waals surface area contributed by atoms with E-state index in [1.807, 2.05) is 18.3 Å². The first kappa shape index (κ1) is 22.9. The van der Waals surface area contributed by atoms with E-state index in [4.69, 9.17) is 0 Å². The molecule has 1 unspecified atom stereocenters. The van der Waals surface area contributed by atoms with Crippen LogP contribution >= 0.6 is 0 Å². The number of piperazine rings is 1. The highest BCUT2D eigenvalue weighted by atomic mass is 16.3. The smallest absolute Gasteiger partial charge is 0.131 e. The third-order valence-corrected chi connectivity index (χ3v) is 5.87. The largest absolute Gasteiger partial charge is 0.507 e. The number of benzene rings is 1. The lowest BCUT2D eigenvalue weighted by atomic mass is 9.98. The quantitative estimate of drug-likeness (QED) is 0.668. The Labute approximate surface area is 186 Å². The van der Waals surface area contributed by atoms with Crippen LogP contribution in [0.1, 0.15) is 57.6 Å². The summed E-state index contributed by atoms with van der Waals surface area (Å²) in [7, 11) is 1.76. The molecule has 2 aliphatic rings. The molecule has 6 heteroatoms. The molecular weight excluding hydrogens is 386 g/mol. The predicted octanol–water partition coefficient (Wildman–Crippen LogP) is 4.41. The maximum absolute atomic E-state index is 10.8. The summed E-state index contributed by atoms with van der Waals surface area (Å²) in [6, 6.07) is 6.22. The molecule has 2 aliphatic heterocycles. The maximum Gasteiger partial charge on any atom is 0.131 e. The number of phenolic OH excluding ortho intramolecular Hbond substituents is 1. The van der Waals surface area contributed by atoms with E-state index in [2.05, 4.69) is 58.3 Å². The minimum atomic E-state index is 0.210. The molecule has 2 N–H and O–H groups in total. The van der Waals surface area contributed by atoms with Gasteiger partial charge >= 0.3 is 0 Å². The van der Waals surface area contributed by atoms with Crippen LogP contribution in [0.3, 0.4) is 0 Å². The maximum atomic E-state index is 10.8. The van der Waals surface area contributed by atoms with E-state index < -0.39 is 0 Å². The van der Waals surface area contributed by atoms with Crippen molar-refractivity contribution in [1.29, 1.82) is 0 Å². The fourth-order valence-electron chi connectivity index (χ4n) is 4.02. The van der Waals surface area contributed by atoms with Gasteiger partial charge in [-0.25, -0.2) is 0 Å². The average molecular weight is 422 g/mol. The van der Waals surface area contributed by atoms with Crippen LogP contribution in [0.5, 0.6) is 5.75 Å². The van der Waals surface area contributed by atoms with Gasteiger partial charge in [-0.15, -0.1) is 10.2 Å². The number of hydrogen-bond acceptors (Lipinski definition) is 6. The number of nitrogens with zero attached hydrogens (tertiary/aromatic N) is 4. The molecule has 0 aromatic heterocycles. The van der Waals surface area contributed by atoms with Crippen LogP contribution in [-0.2, 0) is 0 Å². The number of allylic oxidation sites excluding steroid dienone is 3. The summed E-state index contributed by atoms with van der Waals surface area (Å²) in [5.74, 6) is 1.23. The van der Waals surface area contributed by atoms with Crippen molar-refractivity contribution >= 4 is 23.3 Å². The highest BCUT2D eigenvalue weighted by Crippen LogP contribution is 2.27. The average Bonchev–Trinajstić information content (AvgIpc) is 3.02. The molecule has 1 atom stereocenters. The SMILES string of the molecule is CC/C=C(\C=NC)c1ccc(C2=NN=C(N3CCNC(CC)C3)CC(CC)=C2)c(O)c1. The highest BCUT2D eigenvalue weighted by Gasteiger charge is 2.23. The first-order valence-corrected chi connectivity index (χ1v) is 11.4. The first-order chi connectivity index (χ1) is 15.1. The van der Waals surface area contributed by atoms with E-state index in [0.717, 1.165) is 62.3 Å². The van der Waals surface area contributed by atoms with Crippen molar-refractivity contribution in [3.8, 4) is 5.75 Å². The van der Waals surface area contributed by atoms with E-state index in [-0.39, 0.29) is 5.75 Å². The zero-order chi connectivity index (χ0) is 22.2. The molecule has 0 radical (unpaired) electrons. The van der Waals surface area contributed by atoms with E-state index in [1.54, 1.807) is 13.1 Å². The fourth-order valence-corrected chi connectivity index (χ4v) is 4.02. The van der Waals surface area contributed by atoms with E-state index >= 15 is 0 Å². The second-order valence-corrected chi connectivity index (χ2v) is 8.03. The summed E-state index contributed by atoms with van der Waals surface area (Å²) < 4.78 is 0. The zero-order valence-electron chi connectivity index (χ0n) is 19.2. The van der Waals surface area contributed by atoms with Gasteiger partial charge in [0.05, 0.1) is 5.71 Å². The number of aliphatic imine (C=N–C) groups is 1. The van der Waals surface area contributed by atoms with Crippen molar-refractivity contribution in [2.24, 2.45) is 15.2 Å². The number of aromatic hydroxyl groups is 1. The molecule has 166 valence electrons. The molecule has 0 spiro atoms. The molecule has 0 aliphatic carbocycles. The molecule has 0 saturated carbocycles. The third kappa shape index (κ3) is 5.70. The Balaban J connectivity index is 1.93. The fraction of sp³-hybridized carbons (Fsp3) is 0.480. The lowest BCUT2D eigenvalue weighted by Gasteiger charge is -2.35. The second kappa shape index (κ2) is 11.0. The number of rotatable bonds is 6. The van der Waals surface area contributed by atoms with Gasteiger partial charge in [-0.05, 0) is 48.6 Å². The third-order valence-electron chi connectivity index (χ3n) is 5.87. The van der Waals surface area contributed by atoms with E-state index in [0.29, 0.717) is 17.3 Å². The lowest BCUT2D eigenvalue weighted by molar-refractivity contribution is 0.283. The van der Waals surface area contributed by atoms with Crippen molar-refractivity contribution in [3.63, 3.8) is 0 Å². The van der Waals surface area contributed by atoms with Crippen molar-refractivity contribution in [3.05, 3.63) is 47.1 Å². The molecule has 31 heavy (non-hydrogen) atoms. The molecule has 1 saturated heterocycles. The Morgan fingerprint density at radius 2 is 2.13 bits per heavy atom. The van der Waals surface area contributed by atoms with Crippen LogP contribution in [0.4, 0.5) is 0 Å². The van der Waals surface area contributed by atoms with Gasteiger partial charge in [0.1, 0.15) is 11.6 Å². The number of amidine groups is 1. The van der Waals surface area contributed by atoms with Gasteiger partial charge in [0.15, 0.2) is 0 Å². The molecule has 2 heterocycles. The van der Waals surface area contributed by atoms with Gasteiger partial charge in [0, 0.05) is 50.9 Å². The molecule has 0 amide bonds. The standard InChI is InChI=1S/C25H35N5O/c1-5-8-20(16-26-4)19-9-10-22(24(31)15-19)23-13-18(6-2)14-25(29-28-23)30-12-11-27-21(7-3)17-30/h8-10,13,15-16,21,27,31H,5-7,11-12,14,17H2,1-4H3/b20-8+,26-16?. The molecule has 1 fully saturated rings. The second-order valence-electron chi connectivity index (χ2n) is 8.03. The monoisotopic (exact) mass is 421 g/mol. The van der Waals surface area contributed by atoms with Crippen molar-refractivity contribution in [1.82, 2.24) is 10.2 Å². The topological polar surface area (TPSA) is 72.6 Å².